The van der Waals surface area contributed by atoms with Crippen molar-refractivity contribution in [2.45, 2.75) is 31.8 Å². The number of carbonyl (C=O) groups is 1. The maximum absolute atomic E-state index is 12.7. The van der Waals surface area contributed by atoms with Crippen molar-refractivity contribution in [2.75, 3.05) is 6.54 Å². The quantitative estimate of drug-likeness (QED) is 0.945. The van der Waals surface area contributed by atoms with Crippen LogP contribution in [0.5, 0.6) is 0 Å². The highest BCUT2D eigenvalue weighted by atomic mass is 32.1. The summed E-state index contributed by atoms with van der Waals surface area (Å²) in [6, 6.07) is 5.70. The minimum absolute atomic E-state index is 0.0520. The van der Waals surface area contributed by atoms with E-state index in [-0.39, 0.29) is 11.9 Å². The van der Waals surface area contributed by atoms with Crippen LogP contribution < -0.4 is 5.73 Å². The molecule has 2 unspecified atom stereocenters. The second-order valence-electron chi connectivity index (χ2n) is 5.00. The second kappa shape index (κ2) is 5.68. The molecule has 2 atom stereocenters. The number of carbonyl (C=O) groups excluding carboxylic acids is 1. The molecular formula is C15H18N2OS2. The summed E-state index contributed by atoms with van der Waals surface area (Å²) in [5.41, 5.74) is 7.46. The minimum atomic E-state index is -0.524. The smallest absolute Gasteiger partial charge is 0.245 e. The van der Waals surface area contributed by atoms with Gasteiger partial charge in [-0.2, -0.15) is 0 Å². The molecule has 20 heavy (non-hydrogen) atoms. The van der Waals surface area contributed by atoms with Crippen LogP contribution in [0.1, 0.15) is 40.7 Å². The maximum Gasteiger partial charge on any atom is 0.245 e. The largest absolute Gasteiger partial charge is 0.334 e. The molecule has 0 fully saturated rings. The summed E-state index contributed by atoms with van der Waals surface area (Å²) in [5.74, 6) is 0.0520. The van der Waals surface area contributed by atoms with Crippen LogP contribution in [0, 0.1) is 0 Å². The highest BCUT2D eigenvalue weighted by molar-refractivity contribution is 7.10. The molecular weight excluding hydrogens is 288 g/mol. The molecule has 106 valence electrons. The monoisotopic (exact) mass is 306 g/mol. The van der Waals surface area contributed by atoms with E-state index >= 15 is 0 Å². The number of nitrogens with zero attached hydrogens (tertiary/aromatic N) is 1. The van der Waals surface area contributed by atoms with E-state index in [0.29, 0.717) is 0 Å². The first kappa shape index (κ1) is 13.8. The number of amides is 1. The topological polar surface area (TPSA) is 46.3 Å². The molecule has 0 bridgehead atoms. The van der Waals surface area contributed by atoms with Crippen LogP contribution in [0.3, 0.4) is 0 Å². The summed E-state index contributed by atoms with van der Waals surface area (Å²) in [5, 5.41) is 4.09. The summed E-state index contributed by atoms with van der Waals surface area (Å²) < 4.78 is 0. The van der Waals surface area contributed by atoms with Crippen LogP contribution in [0.15, 0.2) is 29.0 Å². The van der Waals surface area contributed by atoms with Gasteiger partial charge in [0.2, 0.25) is 5.91 Å². The summed E-state index contributed by atoms with van der Waals surface area (Å²) >= 11 is 3.35. The van der Waals surface area contributed by atoms with Gasteiger partial charge in [-0.25, -0.2) is 0 Å². The van der Waals surface area contributed by atoms with Gasteiger partial charge in [-0.1, -0.05) is 13.0 Å². The number of hydrogen-bond donors (Lipinski definition) is 1. The van der Waals surface area contributed by atoms with E-state index in [0.717, 1.165) is 24.3 Å². The van der Waals surface area contributed by atoms with Crippen molar-refractivity contribution in [2.24, 2.45) is 5.73 Å². The first-order valence-electron chi connectivity index (χ1n) is 6.88. The van der Waals surface area contributed by atoms with Crippen molar-refractivity contribution in [3.8, 4) is 0 Å². The van der Waals surface area contributed by atoms with Gasteiger partial charge in [0, 0.05) is 16.3 Å². The van der Waals surface area contributed by atoms with Gasteiger partial charge in [-0.05, 0) is 41.3 Å². The molecule has 3 rings (SSSR count). The average molecular weight is 306 g/mol. The Morgan fingerprint density at radius 3 is 3.00 bits per heavy atom. The van der Waals surface area contributed by atoms with Crippen molar-refractivity contribution in [1.29, 1.82) is 0 Å². The zero-order chi connectivity index (χ0) is 14.1. The van der Waals surface area contributed by atoms with E-state index in [1.54, 1.807) is 22.7 Å². The molecule has 2 aromatic rings. The Balaban J connectivity index is 1.85. The Morgan fingerprint density at radius 1 is 1.45 bits per heavy atom. The zero-order valence-corrected chi connectivity index (χ0v) is 13.0. The van der Waals surface area contributed by atoms with Gasteiger partial charge in [0.05, 0.1) is 6.04 Å². The van der Waals surface area contributed by atoms with Gasteiger partial charge in [0.15, 0.2) is 0 Å². The third-order valence-corrected chi connectivity index (χ3v) is 5.83. The van der Waals surface area contributed by atoms with Gasteiger partial charge in [0.1, 0.15) is 6.04 Å². The highest BCUT2D eigenvalue weighted by Gasteiger charge is 2.33. The summed E-state index contributed by atoms with van der Waals surface area (Å²) in [6.45, 7) is 2.91. The van der Waals surface area contributed by atoms with E-state index in [2.05, 4.69) is 18.4 Å². The highest BCUT2D eigenvalue weighted by Crippen LogP contribution is 2.36. The fraction of sp³-hybridized carbons (Fsp3) is 0.400. The van der Waals surface area contributed by atoms with Gasteiger partial charge in [-0.15, -0.1) is 22.7 Å². The lowest BCUT2D eigenvalue weighted by molar-refractivity contribution is -0.135. The van der Waals surface area contributed by atoms with Crippen LogP contribution in [0.25, 0.3) is 0 Å². The lowest BCUT2D eigenvalue weighted by Crippen LogP contribution is -2.43. The molecule has 0 aliphatic carbocycles. The van der Waals surface area contributed by atoms with Crippen molar-refractivity contribution < 1.29 is 4.79 Å². The lowest BCUT2D eigenvalue weighted by atomic mass is 9.97. The number of thiophene rings is 2. The van der Waals surface area contributed by atoms with Crippen LogP contribution in [0.2, 0.25) is 0 Å². The molecule has 0 saturated heterocycles. The van der Waals surface area contributed by atoms with Gasteiger partial charge in [0.25, 0.3) is 0 Å². The SMILES string of the molecule is CCC1c2ccsc2CCN1C(=O)C(N)c1cccs1. The molecule has 0 spiro atoms. The second-order valence-corrected chi connectivity index (χ2v) is 6.98. The third kappa shape index (κ3) is 2.30. The standard InChI is InChI=1S/C15H18N2OS2/c1-2-11-10-6-9-20-12(10)5-7-17(11)15(18)14(16)13-4-3-8-19-13/h3-4,6,8-9,11,14H,2,5,7,16H2,1H3. The number of rotatable bonds is 3. The van der Waals surface area contributed by atoms with Crippen molar-refractivity contribution in [3.05, 3.63) is 44.3 Å². The molecule has 5 heteroatoms. The molecule has 0 saturated carbocycles. The first-order valence-corrected chi connectivity index (χ1v) is 8.64. The van der Waals surface area contributed by atoms with Crippen molar-refractivity contribution in [3.63, 3.8) is 0 Å². The van der Waals surface area contributed by atoms with Crippen LogP contribution in [-0.2, 0) is 11.2 Å². The summed E-state index contributed by atoms with van der Waals surface area (Å²) in [4.78, 5) is 17.0. The first-order chi connectivity index (χ1) is 9.72. The fourth-order valence-corrected chi connectivity index (χ4v) is 4.52. The molecule has 1 aliphatic rings. The fourth-order valence-electron chi connectivity index (χ4n) is 2.87. The van der Waals surface area contributed by atoms with E-state index in [1.807, 2.05) is 22.4 Å². The number of nitrogens with two attached hydrogens (primary N) is 1. The molecule has 3 nitrogen and oxygen atoms in total. The molecule has 2 aromatic heterocycles. The Bertz CT molecular complexity index is 591. The van der Waals surface area contributed by atoms with E-state index in [9.17, 15) is 4.79 Å². The van der Waals surface area contributed by atoms with Crippen LogP contribution >= 0.6 is 22.7 Å². The normalized spacial score (nSPS) is 19.7. The van der Waals surface area contributed by atoms with Crippen molar-refractivity contribution >= 4 is 28.6 Å². The lowest BCUT2D eigenvalue weighted by Gasteiger charge is -2.36. The van der Waals surface area contributed by atoms with Crippen LogP contribution in [-0.4, -0.2) is 17.4 Å². The maximum atomic E-state index is 12.7. The van der Waals surface area contributed by atoms with Crippen molar-refractivity contribution in [1.82, 2.24) is 4.90 Å². The van der Waals surface area contributed by atoms with Gasteiger partial charge >= 0.3 is 0 Å². The number of hydrogen-bond acceptors (Lipinski definition) is 4. The molecule has 2 N–H and O–H groups in total. The van der Waals surface area contributed by atoms with E-state index < -0.39 is 6.04 Å². The predicted octanol–water partition coefficient (Wildman–Crippen LogP) is 3.35. The summed E-state index contributed by atoms with van der Waals surface area (Å²) in [7, 11) is 0. The Kier molecular flexibility index (Phi) is 3.92. The Hall–Kier alpha value is -1.17. The van der Waals surface area contributed by atoms with E-state index in [4.69, 9.17) is 5.73 Å². The Morgan fingerprint density at radius 2 is 2.30 bits per heavy atom. The minimum Gasteiger partial charge on any atom is -0.334 e. The predicted molar refractivity (Wildman–Crippen MR) is 84.0 cm³/mol. The molecule has 3 heterocycles. The molecule has 1 aliphatic heterocycles. The molecule has 1 amide bonds. The summed E-state index contributed by atoms with van der Waals surface area (Å²) in [6.07, 6.45) is 1.89. The number of fused-ring (bicyclic) bond motifs is 1. The van der Waals surface area contributed by atoms with Gasteiger partial charge in [-0.3, -0.25) is 4.79 Å². The molecule has 0 aromatic carbocycles. The van der Waals surface area contributed by atoms with E-state index in [1.165, 1.54) is 10.4 Å². The van der Waals surface area contributed by atoms with Gasteiger partial charge < -0.3 is 10.6 Å². The van der Waals surface area contributed by atoms with Crippen LogP contribution in [0.4, 0.5) is 0 Å². The average Bonchev–Trinajstić information content (AvgIpc) is 3.14. The third-order valence-electron chi connectivity index (χ3n) is 3.88. The molecule has 0 radical (unpaired) electrons. The zero-order valence-electron chi connectivity index (χ0n) is 11.4. The Labute approximate surface area is 127 Å².